The summed E-state index contributed by atoms with van der Waals surface area (Å²) in [6, 6.07) is -0.622. The van der Waals surface area contributed by atoms with E-state index in [1.165, 1.54) is 321 Å². The van der Waals surface area contributed by atoms with Crippen LogP contribution in [0.3, 0.4) is 0 Å². The van der Waals surface area contributed by atoms with E-state index in [1.807, 2.05) is 6.08 Å². The molecule has 0 fully saturated rings. The Morgan fingerprint density at radius 3 is 0.919 bits per heavy atom. The van der Waals surface area contributed by atoms with Gasteiger partial charge in [-0.2, -0.15) is 0 Å². The molecular formula is C68H133NO5. The Morgan fingerprint density at radius 1 is 0.365 bits per heavy atom. The first kappa shape index (κ1) is 72.6. The Labute approximate surface area is 463 Å². The van der Waals surface area contributed by atoms with Gasteiger partial charge in [-0.1, -0.05) is 353 Å². The number of unbranched alkanes of at least 4 members (excludes halogenated alkanes) is 53. The first-order valence-corrected chi connectivity index (χ1v) is 34.0. The lowest BCUT2D eigenvalue weighted by molar-refractivity contribution is -0.143. The summed E-state index contributed by atoms with van der Waals surface area (Å²) < 4.78 is 5.51. The maximum Gasteiger partial charge on any atom is 0.305 e. The molecule has 2 unspecified atom stereocenters. The Bertz CT molecular complexity index is 1110. The summed E-state index contributed by atoms with van der Waals surface area (Å²) in [5, 5.41) is 23.0. The third-order valence-electron chi connectivity index (χ3n) is 16.1. The van der Waals surface area contributed by atoms with Crippen molar-refractivity contribution in [1.82, 2.24) is 5.32 Å². The van der Waals surface area contributed by atoms with Gasteiger partial charge in [0.05, 0.1) is 25.4 Å². The smallest absolute Gasteiger partial charge is 0.305 e. The van der Waals surface area contributed by atoms with Gasteiger partial charge in [0.25, 0.3) is 0 Å². The van der Waals surface area contributed by atoms with Gasteiger partial charge in [-0.05, 0) is 32.1 Å². The summed E-state index contributed by atoms with van der Waals surface area (Å²) in [6.07, 6.45) is 78.8. The molecule has 0 radical (unpaired) electrons. The predicted molar refractivity (Wildman–Crippen MR) is 324 cm³/mol. The molecule has 0 spiro atoms. The zero-order valence-electron chi connectivity index (χ0n) is 50.4. The molecule has 0 aliphatic heterocycles. The molecule has 6 heteroatoms. The number of allylic oxidation sites excluding steroid dienone is 1. The van der Waals surface area contributed by atoms with Crippen LogP contribution in [0.4, 0.5) is 0 Å². The summed E-state index contributed by atoms with van der Waals surface area (Å²) in [7, 11) is 0. The van der Waals surface area contributed by atoms with Crippen molar-refractivity contribution in [2.24, 2.45) is 0 Å². The van der Waals surface area contributed by atoms with Crippen molar-refractivity contribution < 1.29 is 24.5 Å². The van der Waals surface area contributed by atoms with Gasteiger partial charge in [0, 0.05) is 12.8 Å². The SMILES string of the molecule is CCCCCCCCC/C=C/C(O)C(CO)NC(=O)CCCCCCCCCCCCCCCCCCCCCCCCCCCCCCCCOC(=O)CCCCCCCCCCCCCCCCCCCC. The number of nitrogens with one attached hydrogen (secondary N) is 1. The Balaban J connectivity index is 3.28. The highest BCUT2D eigenvalue weighted by molar-refractivity contribution is 5.76. The zero-order valence-corrected chi connectivity index (χ0v) is 50.4. The summed E-state index contributed by atoms with van der Waals surface area (Å²) in [6.45, 7) is 4.91. The topological polar surface area (TPSA) is 95.9 Å². The summed E-state index contributed by atoms with van der Waals surface area (Å²) >= 11 is 0. The van der Waals surface area contributed by atoms with E-state index < -0.39 is 12.1 Å². The number of rotatable bonds is 64. The Hall–Kier alpha value is -1.40. The summed E-state index contributed by atoms with van der Waals surface area (Å²) in [4.78, 5) is 24.5. The van der Waals surface area contributed by atoms with Crippen LogP contribution in [0.2, 0.25) is 0 Å². The lowest BCUT2D eigenvalue weighted by atomic mass is 10.0. The van der Waals surface area contributed by atoms with E-state index in [-0.39, 0.29) is 18.5 Å². The molecular weight excluding hydrogens is 911 g/mol. The van der Waals surface area contributed by atoms with E-state index in [9.17, 15) is 19.8 Å². The molecule has 3 N–H and O–H groups in total. The quantitative estimate of drug-likeness (QED) is 0.0320. The van der Waals surface area contributed by atoms with Gasteiger partial charge >= 0.3 is 5.97 Å². The van der Waals surface area contributed by atoms with Gasteiger partial charge in [-0.15, -0.1) is 0 Å². The molecule has 0 bridgehead atoms. The number of hydrogen-bond acceptors (Lipinski definition) is 5. The fraction of sp³-hybridized carbons (Fsp3) is 0.941. The highest BCUT2D eigenvalue weighted by Crippen LogP contribution is 2.19. The molecule has 0 saturated carbocycles. The number of esters is 1. The molecule has 0 aliphatic rings. The van der Waals surface area contributed by atoms with Gasteiger partial charge in [0.2, 0.25) is 5.91 Å². The Morgan fingerprint density at radius 2 is 0.622 bits per heavy atom. The fourth-order valence-corrected chi connectivity index (χ4v) is 10.9. The average molecular weight is 1040 g/mol. The van der Waals surface area contributed by atoms with Crippen molar-refractivity contribution in [3.05, 3.63) is 12.2 Å². The molecule has 74 heavy (non-hydrogen) atoms. The van der Waals surface area contributed by atoms with Crippen LogP contribution in [0.5, 0.6) is 0 Å². The van der Waals surface area contributed by atoms with Crippen LogP contribution in [-0.4, -0.2) is 47.4 Å². The van der Waals surface area contributed by atoms with Crippen molar-refractivity contribution in [3.8, 4) is 0 Å². The van der Waals surface area contributed by atoms with E-state index in [0.717, 1.165) is 38.5 Å². The molecule has 1 amide bonds. The van der Waals surface area contributed by atoms with Crippen LogP contribution in [0.1, 0.15) is 386 Å². The molecule has 0 aromatic rings. The number of aliphatic hydroxyl groups excluding tert-OH is 2. The number of amides is 1. The molecule has 0 aliphatic carbocycles. The van der Waals surface area contributed by atoms with Crippen LogP contribution in [0.25, 0.3) is 0 Å². The van der Waals surface area contributed by atoms with Crippen LogP contribution in [0, 0.1) is 0 Å². The van der Waals surface area contributed by atoms with Crippen molar-refractivity contribution in [2.45, 2.75) is 398 Å². The fourth-order valence-electron chi connectivity index (χ4n) is 10.9. The van der Waals surface area contributed by atoms with Crippen LogP contribution in [-0.2, 0) is 14.3 Å². The van der Waals surface area contributed by atoms with Crippen LogP contribution < -0.4 is 5.32 Å². The number of carbonyl (C=O) groups is 2. The second kappa shape index (κ2) is 64.1. The molecule has 6 nitrogen and oxygen atoms in total. The normalized spacial score (nSPS) is 12.5. The molecule has 0 heterocycles. The minimum absolute atomic E-state index is 0.0248. The number of ether oxygens (including phenoxy) is 1. The van der Waals surface area contributed by atoms with Crippen molar-refractivity contribution >= 4 is 11.9 Å². The number of aliphatic hydroxyl groups is 2. The largest absolute Gasteiger partial charge is 0.466 e. The van der Waals surface area contributed by atoms with Crippen molar-refractivity contribution in [2.75, 3.05) is 13.2 Å². The van der Waals surface area contributed by atoms with Gasteiger partial charge < -0.3 is 20.3 Å². The van der Waals surface area contributed by atoms with E-state index >= 15 is 0 Å². The first-order valence-electron chi connectivity index (χ1n) is 34.0. The second-order valence-corrected chi connectivity index (χ2v) is 23.5. The highest BCUT2D eigenvalue weighted by atomic mass is 16.5. The van der Waals surface area contributed by atoms with Crippen molar-refractivity contribution in [1.29, 1.82) is 0 Å². The average Bonchev–Trinajstić information content (AvgIpc) is 3.40. The van der Waals surface area contributed by atoms with Gasteiger partial charge in [-0.3, -0.25) is 9.59 Å². The third-order valence-corrected chi connectivity index (χ3v) is 16.1. The maximum absolute atomic E-state index is 12.4. The summed E-state index contributed by atoms with van der Waals surface area (Å²) in [5.41, 5.74) is 0. The maximum atomic E-state index is 12.4. The highest BCUT2D eigenvalue weighted by Gasteiger charge is 2.18. The summed E-state index contributed by atoms with van der Waals surface area (Å²) in [5.74, 6) is -0.0402. The molecule has 0 aromatic heterocycles. The molecule has 0 saturated heterocycles. The van der Waals surface area contributed by atoms with Crippen molar-refractivity contribution in [3.63, 3.8) is 0 Å². The lowest BCUT2D eigenvalue weighted by Gasteiger charge is -2.20. The van der Waals surface area contributed by atoms with Gasteiger partial charge in [0.15, 0.2) is 0 Å². The molecule has 440 valence electrons. The number of carbonyl (C=O) groups excluding carboxylic acids is 2. The standard InChI is InChI=1S/C68H133NO5/c1-3-5-7-9-11-13-14-15-16-17-33-36-39-42-46-50-54-58-62-68(73)74-63-59-55-51-47-43-40-37-34-31-29-27-25-23-21-19-18-20-22-24-26-28-30-32-35-38-41-45-49-53-57-61-67(72)69-65(64-70)66(71)60-56-52-48-44-12-10-8-6-4-2/h56,60,65-66,70-71H,3-55,57-59,61-64H2,1-2H3,(H,69,72)/b60-56+. The Kier molecular flexibility index (Phi) is 62.9. The molecule has 0 rings (SSSR count). The van der Waals surface area contributed by atoms with E-state index in [4.69, 9.17) is 4.74 Å². The molecule has 0 aromatic carbocycles. The second-order valence-electron chi connectivity index (χ2n) is 23.5. The van der Waals surface area contributed by atoms with Gasteiger partial charge in [0.1, 0.15) is 0 Å². The van der Waals surface area contributed by atoms with Crippen LogP contribution >= 0.6 is 0 Å². The molecule has 2 atom stereocenters. The van der Waals surface area contributed by atoms with E-state index in [0.29, 0.717) is 19.4 Å². The third kappa shape index (κ3) is 59.8. The van der Waals surface area contributed by atoms with E-state index in [1.54, 1.807) is 6.08 Å². The number of hydrogen-bond donors (Lipinski definition) is 3. The lowest BCUT2D eigenvalue weighted by Crippen LogP contribution is -2.45. The first-order chi connectivity index (χ1) is 36.5. The monoisotopic (exact) mass is 1040 g/mol. The van der Waals surface area contributed by atoms with E-state index in [2.05, 4.69) is 19.2 Å². The van der Waals surface area contributed by atoms with Gasteiger partial charge in [-0.25, -0.2) is 0 Å². The minimum atomic E-state index is -0.838. The zero-order chi connectivity index (χ0) is 53.6. The van der Waals surface area contributed by atoms with Crippen LogP contribution in [0.15, 0.2) is 12.2 Å². The minimum Gasteiger partial charge on any atom is -0.466 e. The predicted octanol–water partition coefficient (Wildman–Crippen LogP) is 21.6.